The van der Waals surface area contributed by atoms with Gasteiger partial charge in [0.2, 0.25) is 0 Å². The lowest BCUT2D eigenvalue weighted by Gasteiger charge is -2.16. The molecule has 0 saturated carbocycles. The van der Waals surface area contributed by atoms with Gasteiger partial charge in [-0.2, -0.15) is 0 Å². The number of amides is 1. The first kappa shape index (κ1) is 15.0. The number of nitrogens with zero attached hydrogens (tertiary/aromatic N) is 2. The van der Waals surface area contributed by atoms with Gasteiger partial charge < -0.3 is 10.2 Å². The summed E-state index contributed by atoms with van der Waals surface area (Å²) >= 11 is 0. The molecule has 1 N–H and O–H groups in total. The minimum atomic E-state index is -0.354. The molecule has 4 nitrogen and oxygen atoms in total. The lowest BCUT2D eigenvalue weighted by atomic mass is 10.1. The van der Waals surface area contributed by atoms with Crippen molar-refractivity contribution in [3.63, 3.8) is 0 Å². The molecule has 0 aliphatic carbocycles. The molecule has 0 radical (unpaired) electrons. The molecule has 0 bridgehead atoms. The molecule has 1 amide bonds. The Labute approximate surface area is 123 Å². The van der Waals surface area contributed by atoms with Crippen molar-refractivity contribution in [2.75, 3.05) is 19.4 Å². The highest BCUT2D eigenvalue weighted by molar-refractivity contribution is 5.94. The molecule has 1 aromatic carbocycles. The largest absolute Gasteiger partial charge is 0.378 e. The number of hydrogen-bond acceptors (Lipinski definition) is 3. The van der Waals surface area contributed by atoms with Crippen LogP contribution in [0.15, 0.2) is 42.7 Å². The highest BCUT2D eigenvalue weighted by Gasteiger charge is 2.09. The minimum absolute atomic E-state index is 0.0380. The molecular weight excluding hydrogens is 269 g/mol. The average molecular weight is 287 g/mol. The molecule has 2 aromatic rings. The predicted molar refractivity (Wildman–Crippen MR) is 80.7 cm³/mol. The molecule has 21 heavy (non-hydrogen) atoms. The van der Waals surface area contributed by atoms with Gasteiger partial charge in [-0.25, -0.2) is 4.39 Å². The van der Waals surface area contributed by atoms with E-state index in [0.29, 0.717) is 5.56 Å². The normalized spacial score (nSPS) is 11.8. The Balaban J connectivity index is 2.08. The van der Waals surface area contributed by atoms with Crippen LogP contribution in [0.1, 0.15) is 28.9 Å². The summed E-state index contributed by atoms with van der Waals surface area (Å²) in [7, 11) is 3.43. The Kier molecular flexibility index (Phi) is 4.52. The Morgan fingerprint density at radius 1 is 1.24 bits per heavy atom. The van der Waals surface area contributed by atoms with Crippen LogP contribution >= 0.6 is 0 Å². The number of hydrogen-bond donors (Lipinski definition) is 1. The lowest BCUT2D eigenvalue weighted by molar-refractivity contribution is 0.0827. The van der Waals surface area contributed by atoms with Crippen LogP contribution in [-0.2, 0) is 0 Å². The van der Waals surface area contributed by atoms with E-state index in [9.17, 15) is 9.18 Å². The van der Waals surface area contributed by atoms with Crippen LogP contribution in [0.3, 0.4) is 0 Å². The summed E-state index contributed by atoms with van der Waals surface area (Å²) in [6.45, 7) is 1.93. The molecule has 0 aliphatic rings. The zero-order chi connectivity index (χ0) is 15.4. The highest BCUT2D eigenvalue weighted by atomic mass is 19.1. The molecule has 5 heteroatoms. The van der Waals surface area contributed by atoms with Gasteiger partial charge in [0, 0.05) is 31.5 Å². The predicted octanol–water partition coefficient (Wildman–Crippen LogP) is 3.10. The SMILES string of the molecule is CC(Nc1ccc(C(=O)N(C)C)cc1)c1cncc(F)c1. The summed E-state index contributed by atoms with van der Waals surface area (Å²) in [5, 5.41) is 3.25. The maximum Gasteiger partial charge on any atom is 0.253 e. The molecule has 1 unspecified atom stereocenters. The fraction of sp³-hybridized carbons (Fsp3) is 0.250. The Morgan fingerprint density at radius 3 is 2.48 bits per heavy atom. The molecule has 2 rings (SSSR count). The second-order valence-corrected chi connectivity index (χ2v) is 5.08. The van der Waals surface area contributed by atoms with Crippen molar-refractivity contribution in [2.24, 2.45) is 0 Å². The minimum Gasteiger partial charge on any atom is -0.378 e. The summed E-state index contributed by atoms with van der Waals surface area (Å²) in [6.07, 6.45) is 2.81. The molecule has 0 spiro atoms. The van der Waals surface area contributed by atoms with Crippen LogP contribution in [0.4, 0.5) is 10.1 Å². The molecule has 0 fully saturated rings. The van der Waals surface area contributed by atoms with E-state index in [-0.39, 0.29) is 17.8 Å². The maximum atomic E-state index is 13.2. The first-order valence-corrected chi connectivity index (χ1v) is 6.66. The molecule has 1 aromatic heterocycles. The number of halogens is 1. The summed E-state index contributed by atoms with van der Waals surface area (Å²) in [5.74, 6) is -0.392. The highest BCUT2D eigenvalue weighted by Crippen LogP contribution is 2.19. The number of nitrogens with one attached hydrogen (secondary N) is 1. The van der Waals surface area contributed by atoms with Gasteiger partial charge in [0.25, 0.3) is 5.91 Å². The topological polar surface area (TPSA) is 45.2 Å². The van der Waals surface area contributed by atoms with E-state index in [0.717, 1.165) is 11.3 Å². The van der Waals surface area contributed by atoms with E-state index in [2.05, 4.69) is 10.3 Å². The summed E-state index contributed by atoms with van der Waals surface area (Å²) < 4.78 is 13.2. The van der Waals surface area contributed by atoms with E-state index in [1.165, 1.54) is 17.2 Å². The molecular formula is C16H18FN3O. The number of carbonyl (C=O) groups is 1. The van der Waals surface area contributed by atoms with Crippen LogP contribution in [0, 0.1) is 5.82 Å². The zero-order valence-electron chi connectivity index (χ0n) is 12.3. The van der Waals surface area contributed by atoms with Gasteiger partial charge in [-0.1, -0.05) is 0 Å². The number of carbonyl (C=O) groups excluding carboxylic acids is 1. The van der Waals surface area contributed by atoms with Crippen LogP contribution in [0.25, 0.3) is 0 Å². The summed E-state index contributed by atoms with van der Waals surface area (Å²) in [5.41, 5.74) is 2.26. The van der Waals surface area contributed by atoms with E-state index in [1.54, 1.807) is 32.4 Å². The molecule has 0 saturated heterocycles. The van der Waals surface area contributed by atoms with Crippen LogP contribution in [0.5, 0.6) is 0 Å². The smallest absolute Gasteiger partial charge is 0.253 e. The Hall–Kier alpha value is -2.43. The van der Waals surface area contributed by atoms with Gasteiger partial charge in [0.05, 0.1) is 12.2 Å². The van der Waals surface area contributed by atoms with Crippen LogP contribution < -0.4 is 5.32 Å². The quantitative estimate of drug-likeness (QED) is 0.940. The van der Waals surface area contributed by atoms with Crippen molar-refractivity contribution in [1.82, 2.24) is 9.88 Å². The van der Waals surface area contributed by atoms with E-state index in [1.807, 2.05) is 19.1 Å². The van der Waals surface area contributed by atoms with Crippen molar-refractivity contribution in [1.29, 1.82) is 0 Å². The van der Waals surface area contributed by atoms with Crippen molar-refractivity contribution in [3.05, 3.63) is 59.7 Å². The van der Waals surface area contributed by atoms with E-state index < -0.39 is 0 Å². The van der Waals surface area contributed by atoms with Gasteiger partial charge in [0.15, 0.2) is 0 Å². The molecule has 1 heterocycles. The van der Waals surface area contributed by atoms with Crippen LogP contribution in [0.2, 0.25) is 0 Å². The lowest BCUT2D eigenvalue weighted by Crippen LogP contribution is -2.21. The monoisotopic (exact) mass is 287 g/mol. The number of aromatic nitrogens is 1. The second-order valence-electron chi connectivity index (χ2n) is 5.08. The van der Waals surface area contributed by atoms with Crippen molar-refractivity contribution >= 4 is 11.6 Å². The maximum absolute atomic E-state index is 13.2. The fourth-order valence-electron chi connectivity index (χ4n) is 1.97. The molecule has 1 atom stereocenters. The third-order valence-corrected chi connectivity index (χ3v) is 3.15. The van der Waals surface area contributed by atoms with Crippen molar-refractivity contribution in [3.8, 4) is 0 Å². The van der Waals surface area contributed by atoms with Gasteiger partial charge in [0.1, 0.15) is 5.82 Å². The van der Waals surface area contributed by atoms with Gasteiger partial charge in [-0.15, -0.1) is 0 Å². The number of pyridine rings is 1. The molecule has 110 valence electrons. The zero-order valence-corrected chi connectivity index (χ0v) is 12.3. The van der Waals surface area contributed by atoms with Crippen LogP contribution in [-0.4, -0.2) is 29.9 Å². The number of rotatable bonds is 4. The fourth-order valence-corrected chi connectivity index (χ4v) is 1.97. The van der Waals surface area contributed by atoms with E-state index in [4.69, 9.17) is 0 Å². The van der Waals surface area contributed by atoms with Crippen molar-refractivity contribution in [2.45, 2.75) is 13.0 Å². The first-order valence-electron chi connectivity index (χ1n) is 6.66. The first-order chi connectivity index (χ1) is 9.97. The standard InChI is InChI=1S/C16H18FN3O/c1-11(13-8-14(17)10-18-9-13)19-15-6-4-12(5-7-15)16(21)20(2)3/h4-11,19H,1-3H3. The van der Waals surface area contributed by atoms with Gasteiger partial charge in [-0.3, -0.25) is 9.78 Å². The summed E-state index contributed by atoms with van der Waals surface area (Å²) in [4.78, 5) is 17.2. The second kappa shape index (κ2) is 6.35. The average Bonchev–Trinajstić information content (AvgIpc) is 2.47. The molecule has 0 aliphatic heterocycles. The number of benzene rings is 1. The van der Waals surface area contributed by atoms with Gasteiger partial charge in [-0.05, 0) is 42.8 Å². The van der Waals surface area contributed by atoms with Crippen molar-refractivity contribution < 1.29 is 9.18 Å². The third-order valence-electron chi connectivity index (χ3n) is 3.15. The van der Waals surface area contributed by atoms with E-state index >= 15 is 0 Å². The Bertz CT molecular complexity index is 626. The van der Waals surface area contributed by atoms with Gasteiger partial charge >= 0.3 is 0 Å². The summed E-state index contributed by atoms with van der Waals surface area (Å²) in [6, 6.07) is 8.57. The third kappa shape index (κ3) is 3.78. The number of anilines is 1. The Morgan fingerprint density at radius 2 is 1.90 bits per heavy atom.